The molecule has 0 amide bonds. The molecule has 11 aromatic rings. The molecule has 0 N–H and O–H groups in total. The van der Waals surface area contributed by atoms with E-state index in [4.69, 9.17) is 0 Å². The summed E-state index contributed by atoms with van der Waals surface area (Å²) in [4.78, 5) is 2.41. The average molecular weight is 765 g/mol. The molecule has 0 saturated heterocycles. The van der Waals surface area contributed by atoms with Gasteiger partial charge in [-0.15, -0.1) is 0 Å². The predicted molar refractivity (Wildman–Crippen MR) is 255 cm³/mol. The maximum Gasteiger partial charge on any atom is 0.0547 e. The third-order valence-corrected chi connectivity index (χ3v) is 11.8. The van der Waals surface area contributed by atoms with Crippen molar-refractivity contribution in [2.45, 2.75) is 0 Å². The molecule has 0 radical (unpaired) electrons. The minimum atomic E-state index is 1.09. The quantitative estimate of drug-likeness (QED) is 0.150. The third kappa shape index (κ3) is 6.23. The second kappa shape index (κ2) is 15.1. The zero-order valence-electron chi connectivity index (χ0n) is 33.0. The van der Waals surface area contributed by atoms with Gasteiger partial charge in [-0.3, -0.25) is 0 Å². The van der Waals surface area contributed by atoms with Gasteiger partial charge in [0.05, 0.1) is 16.7 Å². The van der Waals surface area contributed by atoms with E-state index in [-0.39, 0.29) is 0 Å². The van der Waals surface area contributed by atoms with Gasteiger partial charge in [-0.1, -0.05) is 182 Å². The number of fused-ring (bicyclic) bond motifs is 4. The highest BCUT2D eigenvalue weighted by molar-refractivity contribution is 6.16. The predicted octanol–water partition coefficient (Wildman–Crippen LogP) is 16.1. The van der Waals surface area contributed by atoms with Gasteiger partial charge in [-0.2, -0.15) is 0 Å². The summed E-state index contributed by atoms with van der Waals surface area (Å²) in [7, 11) is 0. The Labute approximate surface area is 350 Å². The van der Waals surface area contributed by atoms with E-state index in [1.807, 2.05) is 0 Å². The summed E-state index contributed by atoms with van der Waals surface area (Å²) in [5.41, 5.74) is 16.3. The van der Waals surface area contributed by atoms with E-state index >= 15 is 0 Å². The third-order valence-electron chi connectivity index (χ3n) is 11.8. The molecule has 2 heteroatoms. The van der Waals surface area contributed by atoms with Gasteiger partial charge >= 0.3 is 0 Å². The summed E-state index contributed by atoms with van der Waals surface area (Å²) in [5.74, 6) is 0. The van der Waals surface area contributed by atoms with Gasteiger partial charge in [-0.25, -0.2) is 0 Å². The number of rotatable bonds is 8. The minimum absolute atomic E-state index is 1.09. The smallest absolute Gasteiger partial charge is 0.0547 e. The molecule has 0 saturated carbocycles. The summed E-state index contributed by atoms with van der Waals surface area (Å²) >= 11 is 0. The van der Waals surface area contributed by atoms with Crippen LogP contribution < -0.4 is 4.90 Å². The zero-order chi connectivity index (χ0) is 39.8. The topological polar surface area (TPSA) is 8.17 Å². The van der Waals surface area contributed by atoms with Gasteiger partial charge in [0.2, 0.25) is 0 Å². The summed E-state index contributed by atoms with van der Waals surface area (Å²) in [6.45, 7) is 0. The molecular formula is C58H40N2. The molecule has 0 bridgehead atoms. The maximum absolute atomic E-state index is 2.41. The minimum Gasteiger partial charge on any atom is -0.310 e. The largest absolute Gasteiger partial charge is 0.310 e. The van der Waals surface area contributed by atoms with Gasteiger partial charge in [0.25, 0.3) is 0 Å². The number of nitrogens with zero attached hydrogens (tertiary/aromatic N) is 2. The van der Waals surface area contributed by atoms with Crippen molar-refractivity contribution in [2.24, 2.45) is 0 Å². The van der Waals surface area contributed by atoms with E-state index < -0.39 is 0 Å². The van der Waals surface area contributed by atoms with Crippen LogP contribution in [0.15, 0.2) is 243 Å². The first-order valence-corrected chi connectivity index (χ1v) is 20.6. The fourth-order valence-corrected chi connectivity index (χ4v) is 9.03. The summed E-state index contributed by atoms with van der Waals surface area (Å²) < 4.78 is 2.39. The van der Waals surface area contributed by atoms with Crippen LogP contribution in [0.1, 0.15) is 0 Å². The number of hydrogen-bond acceptors (Lipinski definition) is 1. The van der Waals surface area contributed by atoms with Crippen LogP contribution in [0.25, 0.3) is 82.8 Å². The second-order valence-corrected chi connectivity index (χ2v) is 15.3. The van der Waals surface area contributed by atoms with Crippen LogP contribution in [0, 0.1) is 0 Å². The lowest BCUT2D eigenvalue weighted by Gasteiger charge is -2.28. The number of benzene rings is 10. The SMILES string of the molecule is c1ccc(-c2cccc(N(c3ccc(-c4cccc5ccccc45)cc3)c3ccccc3-c3cccc(-c4cccc5c4c4ccccc4n5-c4ccccc4)c3)c2)cc1. The first-order valence-electron chi connectivity index (χ1n) is 20.6. The molecule has 0 aliphatic rings. The lowest BCUT2D eigenvalue weighted by atomic mass is 9.94. The Hall–Kier alpha value is -7.94. The molecule has 1 aromatic heterocycles. The second-order valence-electron chi connectivity index (χ2n) is 15.3. The number of aromatic nitrogens is 1. The molecule has 0 aliphatic heterocycles. The van der Waals surface area contributed by atoms with Crippen LogP contribution in [0.2, 0.25) is 0 Å². The Bertz CT molecular complexity index is 3300. The molecular weight excluding hydrogens is 725 g/mol. The normalized spacial score (nSPS) is 11.3. The standard InChI is InChI=1S/C58H40N2/c1-3-17-41(18-4-1)44-21-14-26-49(40-44)59(48-37-35-43(36-38-48)51-30-15-20-42-19-7-8-27-50(42)51)55-32-11-9-28-52(55)45-22-13-23-46(39-45)53-31-16-34-57-58(53)54-29-10-12-33-56(54)60(57)47-24-5-2-6-25-47/h1-40H. The number of para-hydroxylation sites is 3. The van der Waals surface area contributed by atoms with E-state index in [9.17, 15) is 0 Å². The maximum atomic E-state index is 2.41. The van der Waals surface area contributed by atoms with Crippen LogP contribution in [0.3, 0.4) is 0 Å². The van der Waals surface area contributed by atoms with Crippen molar-refractivity contribution in [1.82, 2.24) is 4.57 Å². The molecule has 1 heterocycles. The van der Waals surface area contributed by atoms with Gasteiger partial charge in [0.15, 0.2) is 0 Å². The molecule has 0 atom stereocenters. The van der Waals surface area contributed by atoms with Crippen molar-refractivity contribution in [2.75, 3.05) is 4.90 Å². The first-order chi connectivity index (χ1) is 29.8. The van der Waals surface area contributed by atoms with Crippen molar-refractivity contribution in [3.63, 3.8) is 0 Å². The lowest BCUT2D eigenvalue weighted by Crippen LogP contribution is -2.11. The number of anilines is 3. The molecule has 0 fully saturated rings. The van der Waals surface area contributed by atoms with E-state index in [0.29, 0.717) is 0 Å². The molecule has 282 valence electrons. The molecule has 0 spiro atoms. The van der Waals surface area contributed by atoms with Gasteiger partial charge in [-0.05, 0) is 110 Å². The van der Waals surface area contributed by atoms with Crippen molar-refractivity contribution >= 4 is 49.6 Å². The highest BCUT2D eigenvalue weighted by atomic mass is 15.1. The Morgan fingerprint density at radius 3 is 1.72 bits per heavy atom. The fourth-order valence-electron chi connectivity index (χ4n) is 9.03. The van der Waals surface area contributed by atoms with Crippen molar-refractivity contribution in [3.05, 3.63) is 243 Å². The summed E-state index contributed by atoms with van der Waals surface area (Å²) in [5, 5.41) is 5.00. The molecule has 11 rings (SSSR count). The average Bonchev–Trinajstić information content (AvgIpc) is 3.67. The lowest BCUT2D eigenvalue weighted by molar-refractivity contribution is 1.18. The number of hydrogen-bond donors (Lipinski definition) is 0. The Morgan fingerprint density at radius 1 is 0.300 bits per heavy atom. The van der Waals surface area contributed by atoms with Gasteiger partial charge in [0.1, 0.15) is 0 Å². The Kier molecular flexibility index (Phi) is 8.87. The molecule has 2 nitrogen and oxygen atoms in total. The Balaban J connectivity index is 1.07. The monoisotopic (exact) mass is 764 g/mol. The molecule has 60 heavy (non-hydrogen) atoms. The van der Waals surface area contributed by atoms with E-state index in [1.165, 1.54) is 66.0 Å². The van der Waals surface area contributed by atoms with Crippen LogP contribution in [0.4, 0.5) is 17.1 Å². The molecule has 10 aromatic carbocycles. The van der Waals surface area contributed by atoms with Crippen LogP contribution in [-0.4, -0.2) is 4.57 Å². The summed E-state index contributed by atoms with van der Waals surface area (Å²) in [6, 6.07) is 87.9. The van der Waals surface area contributed by atoms with Crippen molar-refractivity contribution in [3.8, 4) is 50.2 Å². The zero-order valence-corrected chi connectivity index (χ0v) is 33.0. The van der Waals surface area contributed by atoms with Crippen molar-refractivity contribution < 1.29 is 0 Å². The summed E-state index contributed by atoms with van der Waals surface area (Å²) in [6.07, 6.45) is 0. The molecule has 0 unspecified atom stereocenters. The van der Waals surface area contributed by atoms with Gasteiger partial charge in [0, 0.05) is 33.4 Å². The van der Waals surface area contributed by atoms with Crippen LogP contribution in [0.5, 0.6) is 0 Å². The highest BCUT2D eigenvalue weighted by Gasteiger charge is 2.20. The molecule has 0 aliphatic carbocycles. The van der Waals surface area contributed by atoms with E-state index in [2.05, 4.69) is 252 Å². The van der Waals surface area contributed by atoms with Gasteiger partial charge < -0.3 is 9.47 Å². The van der Waals surface area contributed by atoms with E-state index in [0.717, 1.165) is 33.9 Å². The highest BCUT2D eigenvalue weighted by Crippen LogP contribution is 2.44. The first kappa shape index (κ1) is 35.2. The van der Waals surface area contributed by atoms with E-state index in [1.54, 1.807) is 0 Å². The Morgan fingerprint density at radius 2 is 0.867 bits per heavy atom. The fraction of sp³-hybridized carbons (Fsp3) is 0. The van der Waals surface area contributed by atoms with Crippen molar-refractivity contribution in [1.29, 1.82) is 0 Å². The van der Waals surface area contributed by atoms with Crippen LogP contribution in [-0.2, 0) is 0 Å². The van der Waals surface area contributed by atoms with Crippen LogP contribution >= 0.6 is 0 Å².